The Hall–Kier alpha value is -3.72. The molecule has 22 heteroatoms. The molecule has 7 N–H and O–H groups in total. The van der Waals surface area contributed by atoms with E-state index in [1.54, 1.807) is 36.4 Å². The molecule has 0 saturated heterocycles. The average molecular weight is 988 g/mol. The van der Waals surface area contributed by atoms with Crippen molar-refractivity contribution in [2.24, 2.45) is 29.4 Å². The smallest absolute Gasteiger partial charge is 0.455 e. The van der Waals surface area contributed by atoms with E-state index in [2.05, 4.69) is 25.5 Å². The highest BCUT2D eigenvalue weighted by Crippen LogP contribution is 2.37. The summed E-state index contributed by atoms with van der Waals surface area (Å²) in [6.07, 6.45) is 0.989. The molecule has 65 heavy (non-hydrogen) atoms. The molecule has 0 saturated carbocycles. The summed E-state index contributed by atoms with van der Waals surface area (Å²) in [4.78, 5) is 105. The number of thiazole rings is 1. The van der Waals surface area contributed by atoms with Crippen LogP contribution in [-0.4, -0.2) is 123 Å². The van der Waals surface area contributed by atoms with Crippen LogP contribution < -0.4 is 26.2 Å². The fourth-order valence-electron chi connectivity index (χ4n) is 7.24. The number of carbonyl (C=O) groups excluding carboxylic acids is 6. The number of likely N-dealkylation sites (N-methyl/N-ethyl adjacent to an activating group) is 2. The van der Waals surface area contributed by atoms with E-state index < -0.39 is 61.8 Å². The van der Waals surface area contributed by atoms with Crippen molar-refractivity contribution < 1.29 is 52.4 Å². The molecular formula is C43H70N7O11PS3. The number of nitrogens with two attached hydrogens (primary N) is 1. The van der Waals surface area contributed by atoms with Gasteiger partial charge in [-0.05, 0) is 68.8 Å². The van der Waals surface area contributed by atoms with E-state index in [0.717, 1.165) is 11.3 Å². The van der Waals surface area contributed by atoms with Crippen molar-refractivity contribution >= 4 is 76.3 Å². The molecule has 2 aromatic rings. The Balaban J connectivity index is 2.35. The molecule has 0 aliphatic rings. The summed E-state index contributed by atoms with van der Waals surface area (Å²) < 4.78 is 21.8. The van der Waals surface area contributed by atoms with Crippen molar-refractivity contribution in [3.8, 4) is 5.75 Å². The number of rotatable bonds is 29. The third-order valence-corrected chi connectivity index (χ3v) is 14.4. The Morgan fingerprint density at radius 3 is 2.11 bits per heavy atom. The van der Waals surface area contributed by atoms with Crippen molar-refractivity contribution in [2.75, 3.05) is 39.2 Å². The molecule has 7 atom stereocenters. The van der Waals surface area contributed by atoms with E-state index in [0.29, 0.717) is 35.7 Å². The Morgan fingerprint density at radius 2 is 1.57 bits per heavy atom. The molecule has 1 unspecified atom stereocenters. The number of hydrogen-bond donors (Lipinski definition) is 6. The van der Waals surface area contributed by atoms with E-state index in [1.165, 1.54) is 40.6 Å². The highest BCUT2D eigenvalue weighted by Gasteiger charge is 2.37. The maximum Gasteiger partial charge on any atom is 0.524 e. The first-order chi connectivity index (χ1) is 30.3. The van der Waals surface area contributed by atoms with Crippen LogP contribution in [0, 0.1) is 23.7 Å². The minimum atomic E-state index is -4.78. The normalized spacial score (nSPS) is 15.0. The second-order valence-electron chi connectivity index (χ2n) is 17.1. The first-order valence-electron chi connectivity index (χ1n) is 21.7. The second kappa shape index (κ2) is 27.8. The van der Waals surface area contributed by atoms with Gasteiger partial charge in [0.1, 0.15) is 22.5 Å². The number of aromatic nitrogens is 1. The quantitative estimate of drug-likeness (QED) is 0.0273. The van der Waals surface area contributed by atoms with Crippen LogP contribution in [0.2, 0.25) is 0 Å². The zero-order valence-corrected chi connectivity index (χ0v) is 42.7. The van der Waals surface area contributed by atoms with Crippen molar-refractivity contribution in [3.05, 3.63) is 45.9 Å². The van der Waals surface area contributed by atoms with Gasteiger partial charge >= 0.3 is 13.8 Å². The second-order valence-corrected chi connectivity index (χ2v) is 21.8. The average Bonchev–Trinajstić information content (AvgIpc) is 3.70. The summed E-state index contributed by atoms with van der Waals surface area (Å²) in [5, 5.41) is 10.8. The van der Waals surface area contributed by atoms with Gasteiger partial charge in [-0.1, -0.05) is 88.6 Å². The fourth-order valence-corrected chi connectivity index (χ4v) is 10.4. The van der Waals surface area contributed by atoms with E-state index in [-0.39, 0.29) is 71.9 Å². The summed E-state index contributed by atoms with van der Waals surface area (Å²) in [7, 11) is 3.39. The van der Waals surface area contributed by atoms with E-state index in [9.17, 15) is 43.1 Å². The Kier molecular flexibility index (Phi) is 24.6. The van der Waals surface area contributed by atoms with Gasteiger partial charge in [-0.2, -0.15) is 0 Å². The number of ether oxygens (including phenoxy) is 1. The molecule has 18 nitrogen and oxygen atoms in total. The lowest BCUT2D eigenvalue weighted by Crippen LogP contribution is -2.58. The minimum absolute atomic E-state index is 0.000133. The molecule has 0 fully saturated rings. The molecule has 0 aliphatic heterocycles. The molecule has 0 aliphatic carbocycles. The third-order valence-electron chi connectivity index (χ3n) is 10.7. The van der Waals surface area contributed by atoms with Crippen molar-refractivity contribution in [1.29, 1.82) is 0 Å². The van der Waals surface area contributed by atoms with Crippen molar-refractivity contribution in [1.82, 2.24) is 30.7 Å². The zero-order valence-electron chi connectivity index (χ0n) is 39.4. The van der Waals surface area contributed by atoms with Gasteiger partial charge in [0.2, 0.25) is 23.6 Å². The maximum atomic E-state index is 14.3. The summed E-state index contributed by atoms with van der Waals surface area (Å²) in [5.41, 5.74) is 5.91. The van der Waals surface area contributed by atoms with Crippen LogP contribution in [0.3, 0.4) is 0 Å². The summed E-state index contributed by atoms with van der Waals surface area (Å²) in [6.45, 7) is 15.1. The Bertz CT molecular complexity index is 1910. The van der Waals surface area contributed by atoms with Gasteiger partial charge in [-0.25, -0.2) is 9.55 Å². The van der Waals surface area contributed by atoms with E-state index >= 15 is 0 Å². The lowest BCUT2D eigenvalue weighted by molar-refractivity contribution is -0.149. The van der Waals surface area contributed by atoms with Crippen LogP contribution in [-0.2, 0) is 39.7 Å². The fraction of sp³-hybridized carbons (Fsp3) is 0.651. The Morgan fingerprint density at radius 1 is 0.923 bits per heavy atom. The topological polar surface area (TPSA) is 260 Å². The van der Waals surface area contributed by atoms with E-state index in [1.807, 2.05) is 60.5 Å². The van der Waals surface area contributed by atoms with Crippen molar-refractivity contribution in [2.45, 2.75) is 118 Å². The summed E-state index contributed by atoms with van der Waals surface area (Å²) in [6, 6.07) is 3.67. The Labute approximate surface area is 395 Å². The van der Waals surface area contributed by atoms with Gasteiger partial charge in [-0.15, -0.1) is 11.3 Å². The number of benzene rings is 1. The molecule has 5 amide bonds. The zero-order chi connectivity index (χ0) is 49.2. The molecular weight excluding hydrogens is 918 g/mol. The molecule has 366 valence electrons. The van der Waals surface area contributed by atoms with Gasteiger partial charge in [0.25, 0.3) is 5.91 Å². The molecule has 0 spiro atoms. The number of phosphoric acid groups is 1. The molecule has 0 bridgehead atoms. The number of primary amides is 1. The van der Waals surface area contributed by atoms with Gasteiger partial charge in [0.05, 0.1) is 11.8 Å². The molecule has 1 heterocycles. The van der Waals surface area contributed by atoms with Crippen LogP contribution in [0.5, 0.6) is 5.75 Å². The highest BCUT2D eigenvalue weighted by molar-refractivity contribution is 8.76. The first-order valence-corrected chi connectivity index (χ1v) is 26.6. The number of phosphoric ester groups is 1. The number of carbonyl (C=O) groups is 6. The number of amides is 5. The monoisotopic (exact) mass is 987 g/mol. The van der Waals surface area contributed by atoms with Crippen LogP contribution >= 0.6 is 40.7 Å². The third kappa shape index (κ3) is 20.4. The number of hydrogen-bond acceptors (Lipinski definition) is 14. The molecule has 0 radical (unpaired) electrons. The van der Waals surface area contributed by atoms with Gasteiger partial charge < -0.3 is 35.8 Å². The van der Waals surface area contributed by atoms with Crippen LogP contribution in [0.1, 0.15) is 108 Å². The largest absolute Gasteiger partial charge is 0.524 e. The lowest BCUT2D eigenvalue weighted by Gasteiger charge is -2.37. The van der Waals surface area contributed by atoms with Gasteiger partial charge in [0, 0.05) is 56.1 Å². The number of esters is 1. The highest BCUT2D eigenvalue weighted by atomic mass is 33.1. The predicted octanol–water partition coefficient (Wildman–Crippen LogP) is 4.95. The van der Waals surface area contributed by atoms with E-state index in [4.69, 9.17) is 10.5 Å². The predicted molar refractivity (Wildman–Crippen MR) is 256 cm³/mol. The molecule has 2 rings (SSSR count). The molecule has 1 aromatic carbocycles. The SMILES string of the molecule is CC[C@H](C)[C@H](NC(=O)[C@@H](C(C)C)N(C)C)C(=O)N(C)[C@H](C[C@@H](OC(C)=O)c1nc(C(=O)N[C@@H](Cc2ccc(OP(=O)(O)O)cc2)CC(C)C(=O)NCCCSSCC(N)=O)cs1)C(C)C. The minimum Gasteiger partial charge on any atom is -0.455 e. The van der Waals surface area contributed by atoms with Crippen molar-refractivity contribution in [3.63, 3.8) is 0 Å². The van der Waals surface area contributed by atoms with Crippen LogP contribution in [0.4, 0.5) is 0 Å². The van der Waals surface area contributed by atoms with Gasteiger partial charge in [-0.3, -0.25) is 43.5 Å². The number of nitrogens with zero attached hydrogens (tertiary/aromatic N) is 3. The summed E-state index contributed by atoms with van der Waals surface area (Å²) in [5.74, 6) is -2.25. The first kappa shape index (κ1) is 57.4. The standard InChI is InChI=1S/C43H70N7O11PS3/c1-12-27(6)37(48-41(55)38(26(4)5)49(9)10)43(56)50(11)34(25(2)3)22-35(60-29(8)51)42-47-33(23-63-42)40(54)46-31(21-30-14-16-32(17-15-30)61-62(57,58)59)20-28(7)39(53)45-18-13-19-64-65-24-36(44)52/h14-17,23,25-28,31,34-35,37-38H,12-13,18-22,24H2,1-11H3,(H2,44,52)(H,45,53)(H,46,54)(H,48,55)(H2,57,58,59)/t27-,28?,31+,34+,35+,37-,38+/m0/s1. The lowest BCUT2D eigenvalue weighted by atomic mass is 9.92. The summed E-state index contributed by atoms with van der Waals surface area (Å²) >= 11 is 1.12. The van der Waals surface area contributed by atoms with Crippen LogP contribution in [0.15, 0.2) is 29.6 Å². The number of nitrogens with one attached hydrogen (secondary N) is 3. The van der Waals surface area contributed by atoms with Gasteiger partial charge in [0.15, 0.2) is 6.10 Å². The molecule has 1 aromatic heterocycles. The van der Waals surface area contributed by atoms with Crippen LogP contribution in [0.25, 0.3) is 0 Å². The maximum absolute atomic E-state index is 14.3.